The summed E-state index contributed by atoms with van der Waals surface area (Å²) in [5.74, 6) is 0.707. The Morgan fingerprint density at radius 2 is 2.21 bits per heavy atom. The first-order chi connectivity index (χ1) is 9.13. The Bertz CT molecular complexity index is 552. The van der Waals surface area contributed by atoms with E-state index in [1.54, 1.807) is 4.68 Å². The third-order valence-corrected chi connectivity index (χ3v) is 3.01. The average Bonchev–Trinajstić information content (AvgIpc) is 2.88. The molecule has 1 aromatic carbocycles. The molecule has 1 unspecified atom stereocenters. The summed E-state index contributed by atoms with van der Waals surface area (Å²) in [6, 6.07) is 5.91. The number of aromatic nitrogens is 4. The Labute approximate surface area is 112 Å². The smallest absolute Gasteiger partial charge is 0.182 e. The van der Waals surface area contributed by atoms with E-state index >= 15 is 0 Å². The van der Waals surface area contributed by atoms with Gasteiger partial charge in [0, 0.05) is 17.9 Å². The summed E-state index contributed by atoms with van der Waals surface area (Å²) in [7, 11) is 0. The molecular formula is C13H19N5O. The lowest BCUT2D eigenvalue weighted by atomic mass is 10.1. The molecule has 0 bridgehead atoms. The number of nitrogen functional groups attached to an aromatic ring is 1. The van der Waals surface area contributed by atoms with Crippen molar-refractivity contribution < 1.29 is 4.74 Å². The Morgan fingerprint density at radius 3 is 2.89 bits per heavy atom. The minimum Gasteiger partial charge on any atom is -0.398 e. The normalized spacial score (nSPS) is 12.6. The third kappa shape index (κ3) is 2.90. The first-order valence-corrected chi connectivity index (χ1v) is 6.35. The first-order valence-electron chi connectivity index (χ1n) is 6.35. The number of nitrogens with zero attached hydrogens (tertiary/aromatic N) is 4. The zero-order chi connectivity index (χ0) is 13.8. The predicted molar refractivity (Wildman–Crippen MR) is 73.6 cm³/mol. The second-order valence-corrected chi connectivity index (χ2v) is 4.53. The highest BCUT2D eigenvalue weighted by Gasteiger charge is 2.15. The molecule has 0 aliphatic carbocycles. The van der Waals surface area contributed by atoms with Crippen LogP contribution in [0.3, 0.4) is 0 Å². The van der Waals surface area contributed by atoms with Gasteiger partial charge in [0.15, 0.2) is 5.82 Å². The molecule has 1 atom stereocenters. The van der Waals surface area contributed by atoms with Crippen molar-refractivity contribution in [2.45, 2.75) is 26.8 Å². The van der Waals surface area contributed by atoms with Gasteiger partial charge in [0.1, 0.15) is 0 Å². The number of hydrogen-bond acceptors (Lipinski definition) is 5. The highest BCUT2D eigenvalue weighted by atomic mass is 16.5. The van der Waals surface area contributed by atoms with E-state index in [0.717, 1.165) is 16.8 Å². The van der Waals surface area contributed by atoms with Gasteiger partial charge in [-0.2, -0.15) is 0 Å². The fraction of sp³-hybridized carbons (Fsp3) is 0.462. The molecule has 0 saturated heterocycles. The van der Waals surface area contributed by atoms with Gasteiger partial charge in [0.2, 0.25) is 0 Å². The Kier molecular flexibility index (Phi) is 4.11. The molecule has 2 N–H and O–H groups in total. The van der Waals surface area contributed by atoms with Crippen molar-refractivity contribution in [3.63, 3.8) is 0 Å². The zero-order valence-electron chi connectivity index (χ0n) is 11.5. The lowest BCUT2D eigenvalue weighted by Crippen LogP contribution is -2.15. The van der Waals surface area contributed by atoms with Crippen molar-refractivity contribution >= 4 is 5.69 Å². The largest absolute Gasteiger partial charge is 0.398 e. The summed E-state index contributed by atoms with van der Waals surface area (Å²) >= 11 is 0. The molecule has 1 heterocycles. The number of tetrazole rings is 1. The number of anilines is 1. The van der Waals surface area contributed by atoms with Crippen LogP contribution in [-0.2, 0) is 4.74 Å². The van der Waals surface area contributed by atoms with Crippen molar-refractivity contribution in [3.8, 4) is 11.4 Å². The van der Waals surface area contributed by atoms with E-state index in [-0.39, 0.29) is 6.04 Å². The van der Waals surface area contributed by atoms with Crippen molar-refractivity contribution in [2.75, 3.05) is 18.9 Å². The second kappa shape index (κ2) is 5.79. The number of nitrogens with two attached hydrogens (primary N) is 1. The van der Waals surface area contributed by atoms with Crippen LogP contribution >= 0.6 is 0 Å². The van der Waals surface area contributed by atoms with Gasteiger partial charge in [-0.3, -0.25) is 0 Å². The molecule has 2 rings (SSSR count). The summed E-state index contributed by atoms with van der Waals surface area (Å²) in [6.07, 6.45) is 0. The topological polar surface area (TPSA) is 78.8 Å². The van der Waals surface area contributed by atoms with Gasteiger partial charge in [-0.15, -0.1) is 5.10 Å². The summed E-state index contributed by atoms with van der Waals surface area (Å²) in [6.45, 7) is 7.22. The van der Waals surface area contributed by atoms with Gasteiger partial charge >= 0.3 is 0 Å². The molecule has 0 radical (unpaired) electrons. The fourth-order valence-corrected chi connectivity index (χ4v) is 1.82. The number of benzene rings is 1. The number of ether oxygens (including phenoxy) is 1. The summed E-state index contributed by atoms with van der Waals surface area (Å²) in [4.78, 5) is 0. The lowest BCUT2D eigenvalue weighted by molar-refractivity contribution is 0.115. The number of rotatable bonds is 5. The van der Waals surface area contributed by atoms with Crippen LogP contribution in [0.4, 0.5) is 5.69 Å². The Balaban J connectivity index is 2.30. The molecule has 0 saturated carbocycles. The molecule has 6 heteroatoms. The van der Waals surface area contributed by atoms with E-state index in [1.165, 1.54) is 0 Å². The van der Waals surface area contributed by atoms with E-state index in [9.17, 15) is 0 Å². The fourth-order valence-electron chi connectivity index (χ4n) is 1.82. The summed E-state index contributed by atoms with van der Waals surface area (Å²) in [5.41, 5.74) is 8.63. The van der Waals surface area contributed by atoms with Gasteiger partial charge in [-0.1, -0.05) is 12.1 Å². The minimum absolute atomic E-state index is 0.0764. The van der Waals surface area contributed by atoms with Crippen LogP contribution in [0.1, 0.15) is 25.5 Å². The predicted octanol–water partition coefficient (Wildman–Crippen LogP) is 1.83. The highest BCUT2D eigenvalue weighted by Crippen LogP contribution is 2.23. The van der Waals surface area contributed by atoms with Crippen LogP contribution < -0.4 is 5.73 Å². The van der Waals surface area contributed by atoms with Crippen LogP contribution in [0.2, 0.25) is 0 Å². The molecule has 0 fully saturated rings. The lowest BCUT2D eigenvalue weighted by Gasteiger charge is -2.13. The molecule has 1 aromatic heterocycles. The highest BCUT2D eigenvalue weighted by molar-refractivity contribution is 5.63. The van der Waals surface area contributed by atoms with Gasteiger partial charge in [-0.05, 0) is 42.8 Å². The third-order valence-electron chi connectivity index (χ3n) is 3.01. The van der Waals surface area contributed by atoms with Crippen LogP contribution in [0, 0.1) is 6.92 Å². The average molecular weight is 261 g/mol. The molecule has 2 aromatic rings. The molecule has 6 nitrogen and oxygen atoms in total. The maximum atomic E-state index is 5.93. The molecular weight excluding hydrogens is 242 g/mol. The van der Waals surface area contributed by atoms with E-state index < -0.39 is 0 Å². The summed E-state index contributed by atoms with van der Waals surface area (Å²) in [5, 5.41) is 11.9. The van der Waals surface area contributed by atoms with E-state index in [1.807, 2.05) is 39.0 Å². The molecule has 0 amide bonds. The van der Waals surface area contributed by atoms with Crippen LogP contribution in [0.5, 0.6) is 0 Å². The van der Waals surface area contributed by atoms with Gasteiger partial charge < -0.3 is 10.5 Å². The van der Waals surface area contributed by atoms with E-state index in [4.69, 9.17) is 10.5 Å². The van der Waals surface area contributed by atoms with Crippen LogP contribution in [0.15, 0.2) is 18.2 Å². The molecule has 19 heavy (non-hydrogen) atoms. The second-order valence-electron chi connectivity index (χ2n) is 4.53. The van der Waals surface area contributed by atoms with Crippen LogP contribution in [-0.4, -0.2) is 33.4 Å². The Morgan fingerprint density at radius 1 is 1.42 bits per heavy atom. The Hall–Kier alpha value is -1.95. The monoisotopic (exact) mass is 261 g/mol. The van der Waals surface area contributed by atoms with Crippen LogP contribution in [0.25, 0.3) is 11.4 Å². The standard InChI is InChI=1S/C13H19N5O/c1-4-19-8-10(3)18-13(15-16-17-18)11-6-5-9(2)12(14)7-11/h5-7,10H,4,8,14H2,1-3H3. The maximum Gasteiger partial charge on any atom is 0.182 e. The van der Waals surface area contributed by atoms with Crippen molar-refractivity contribution in [3.05, 3.63) is 23.8 Å². The quantitative estimate of drug-likeness (QED) is 0.831. The maximum absolute atomic E-state index is 5.93. The van der Waals surface area contributed by atoms with E-state index in [2.05, 4.69) is 15.5 Å². The molecule has 0 aliphatic heterocycles. The minimum atomic E-state index is 0.0764. The van der Waals surface area contributed by atoms with Gasteiger partial charge in [0.25, 0.3) is 0 Å². The van der Waals surface area contributed by atoms with Crippen molar-refractivity contribution in [1.82, 2.24) is 20.2 Å². The molecule has 0 spiro atoms. The number of hydrogen-bond donors (Lipinski definition) is 1. The van der Waals surface area contributed by atoms with Crippen molar-refractivity contribution in [2.24, 2.45) is 0 Å². The zero-order valence-corrected chi connectivity index (χ0v) is 11.5. The summed E-state index contributed by atoms with van der Waals surface area (Å²) < 4.78 is 7.18. The molecule has 102 valence electrons. The number of aryl methyl sites for hydroxylation is 1. The first kappa shape index (κ1) is 13.5. The SMILES string of the molecule is CCOCC(C)n1nnnc1-c1ccc(C)c(N)c1. The van der Waals surface area contributed by atoms with Gasteiger partial charge in [0.05, 0.1) is 12.6 Å². The molecule has 0 aliphatic rings. The van der Waals surface area contributed by atoms with Crippen molar-refractivity contribution in [1.29, 1.82) is 0 Å². The van der Waals surface area contributed by atoms with Gasteiger partial charge in [-0.25, -0.2) is 4.68 Å². The van der Waals surface area contributed by atoms with E-state index in [0.29, 0.717) is 19.0 Å².